The van der Waals surface area contributed by atoms with Crippen molar-refractivity contribution in [1.82, 2.24) is 4.90 Å². The van der Waals surface area contributed by atoms with Crippen LogP contribution in [0.4, 0.5) is 0 Å². The van der Waals surface area contributed by atoms with E-state index in [1.807, 2.05) is 0 Å². The van der Waals surface area contributed by atoms with Crippen molar-refractivity contribution in [2.45, 2.75) is 0 Å². The number of hydrogen-bond acceptors (Lipinski definition) is 7. The monoisotopic (exact) mass is 275 g/mol. The Balaban J connectivity index is -0.000000105. The Bertz CT molecular complexity index is 126. The predicted molar refractivity (Wildman–Crippen MR) is 47.4 cm³/mol. The molecule has 0 aliphatic rings. The molecule has 16 heavy (non-hydrogen) atoms. The summed E-state index contributed by atoms with van der Waals surface area (Å²) in [4.78, 5) is 1.79. The van der Waals surface area contributed by atoms with Gasteiger partial charge in [-0.2, -0.15) is 0 Å². The largest absolute Gasteiger partial charge is 1.00 e. The normalized spacial score (nSPS) is 8.94. The number of nitrogens with zero attached hydrogens (tertiary/aromatic N) is 1. The van der Waals surface area contributed by atoms with E-state index in [4.69, 9.17) is 28.6 Å². The molecule has 0 heterocycles. The first-order valence-corrected chi connectivity index (χ1v) is 4.90. The van der Waals surface area contributed by atoms with Crippen molar-refractivity contribution in [2.24, 2.45) is 0 Å². The summed E-state index contributed by atoms with van der Waals surface area (Å²) in [6.07, 6.45) is 0. The molecule has 0 unspecified atom stereocenters. The van der Waals surface area contributed by atoms with Crippen molar-refractivity contribution in [3.8, 4) is 0 Å². The number of rotatable bonds is 6. The van der Waals surface area contributed by atoms with Gasteiger partial charge in [-0.3, -0.25) is 9.11 Å². The standard InChI is InChI=1S/C6H15NO3.2Na.H2O3S/c8-4-1-7(2-5-9)3-6-10;;;1-4(2)3/h8-10H,1-6H2;;;(H2,1,2,3)/q;2*+1;/p-2. The molecule has 0 saturated carbocycles. The minimum atomic E-state index is -3.11. The molecule has 0 bridgehead atoms. The van der Waals surface area contributed by atoms with Gasteiger partial charge in [-0.05, 0) is 0 Å². The zero-order chi connectivity index (χ0) is 11.4. The Kier molecular flexibility index (Phi) is 36.6. The Hall–Kier alpha value is 1.91. The number of hydrogen-bond donors (Lipinski definition) is 3. The summed E-state index contributed by atoms with van der Waals surface area (Å²) in [6, 6.07) is 0. The molecule has 0 aromatic heterocycles. The van der Waals surface area contributed by atoms with Crippen LogP contribution in [0, 0.1) is 0 Å². The fraction of sp³-hybridized carbons (Fsp3) is 1.00. The van der Waals surface area contributed by atoms with Crippen molar-refractivity contribution >= 4 is 11.4 Å². The fourth-order valence-corrected chi connectivity index (χ4v) is 0.760. The predicted octanol–water partition coefficient (Wildman–Crippen LogP) is -8.73. The molecular weight excluding hydrogens is 260 g/mol. The van der Waals surface area contributed by atoms with Crippen LogP contribution in [-0.4, -0.2) is 73.0 Å². The molecule has 0 aromatic carbocycles. The van der Waals surface area contributed by atoms with Gasteiger partial charge < -0.3 is 24.4 Å². The van der Waals surface area contributed by atoms with Crippen LogP contribution < -0.4 is 59.1 Å². The zero-order valence-corrected chi connectivity index (χ0v) is 14.5. The summed E-state index contributed by atoms with van der Waals surface area (Å²) in [6.45, 7) is 1.75. The first kappa shape index (κ1) is 26.5. The van der Waals surface area contributed by atoms with Gasteiger partial charge in [0.05, 0.1) is 19.8 Å². The first-order chi connectivity index (χ1) is 6.58. The molecule has 0 saturated heterocycles. The van der Waals surface area contributed by atoms with Gasteiger partial charge in [0.25, 0.3) is 0 Å². The van der Waals surface area contributed by atoms with Crippen molar-refractivity contribution in [2.75, 3.05) is 39.5 Å². The summed E-state index contributed by atoms with van der Waals surface area (Å²) in [5.41, 5.74) is 0. The number of aliphatic hydroxyl groups excluding tert-OH is 3. The molecule has 0 atom stereocenters. The van der Waals surface area contributed by atoms with E-state index in [2.05, 4.69) is 0 Å². The van der Waals surface area contributed by atoms with Gasteiger partial charge in [0, 0.05) is 19.6 Å². The molecule has 0 rings (SSSR count). The molecule has 0 aliphatic carbocycles. The Labute approximate surface area is 142 Å². The van der Waals surface area contributed by atoms with E-state index in [0.29, 0.717) is 19.6 Å². The maximum atomic E-state index is 8.48. The third-order valence-electron chi connectivity index (χ3n) is 1.25. The molecule has 0 radical (unpaired) electrons. The second-order valence-electron chi connectivity index (χ2n) is 2.22. The Morgan fingerprint density at radius 1 is 0.875 bits per heavy atom. The van der Waals surface area contributed by atoms with Crippen LogP contribution in [0.1, 0.15) is 0 Å². The van der Waals surface area contributed by atoms with Crippen LogP contribution in [0.5, 0.6) is 0 Å². The summed E-state index contributed by atoms with van der Waals surface area (Å²) in [7, 11) is 0. The molecule has 0 spiro atoms. The van der Waals surface area contributed by atoms with Crippen LogP contribution in [0.3, 0.4) is 0 Å². The molecule has 88 valence electrons. The Morgan fingerprint density at radius 2 is 1.06 bits per heavy atom. The van der Waals surface area contributed by atoms with E-state index in [1.165, 1.54) is 0 Å². The van der Waals surface area contributed by atoms with Gasteiger partial charge in [0.15, 0.2) is 0 Å². The van der Waals surface area contributed by atoms with Crippen molar-refractivity contribution < 1.29 is 87.7 Å². The molecule has 0 amide bonds. The van der Waals surface area contributed by atoms with Gasteiger partial charge in [-0.25, -0.2) is 0 Å². The molecule has 0 fully saturated rings. The van der Waals surface area contributed by atoms with Crippen molar-refractivity contribution in [3.63, 3.8) is 0 Å². The number of aliphatic hydroxyl groups is 3. The van der Waals surface area contributed by atoms with Crippen molar-refractivity contribution in [3.05, 3.63) is 0 Å². The van der Waals surface area contributed by atoms with E-state index in [1.54, 1.807) is 4.90 Å². The molecule has 7 nitrogen and oxygen atoms in total. The molecule has 10 heteroatoms. The van der Waals surface area contributed by atoms with Gasteiger partial charge in [-0.15, -0.1) is 11.4 Å². The van der Waals surface area contributed by atoms with Crippen molar-refractivity contribution in [1.29, 1.82) is 0 Å². The van der Waals surface area contributed by atoms with Crippen LogP contribution >= 0.6 is 0 Å². The third-order valence-corrected chi connectivity index (χ3v) is 1.25. The molecular formula is C6H15NNa2O6S. The maximum Gasteiger partial charge on any atom is 1.00 e. The van der Waals surface area contributed by atoms with Gasteiger partial charge >= 0.3 is 59.1 Å². The van der Waals surface area contributed by atoms with E-state index < -0.39 is 11.4 Å². The molecule has 3 N–H and O–H groups in total. The van der Waals surface area contributed by atoms with Crippen LogP contribution in [0.25, 0.3) is 0 Å². The SMILES string of the molecule is O=S([O-])[O-].OCCN(CCO)CCO.[Na+].[Na+]. The van der Waals surface area contributed by atoms with E-state index >= 15 is 0 Å². The van der Waals surface area contributed by atoms with E-state index in [0.717, 1.165) is 0 Å². The minimum Gasteiger partial charge on any atom is -0.784 e. The van der Waals surface area contributed by atoms with Crippen LogP contribution in [0.2, 0.25) is 0 Å². The average Bonchev–Trinajstić information content (AvgIpc) is 2.04. The second-order valence-corrected chi connectivity index (χ2v) is 2.62. The first-order valence-electron chi connectivity index (χ1n) is 3.90. The average molecular weight is 275 g/mol. The summed E-state index contributed by atoms with van der Waals surface area (Å²) in [5, 5.41) is 25.5. The molecule has 0 aliphatic heterocycles. The zero-order valence-electron chi connectivity index (χ0n) is 9.66. The summed E-state index contributed by atoms with van der Waals surface area (Å²) >= 11 is -3.11. The smallest absolute Gasteiger partial charge is 0.784 e. The van der Waals surface area contributed by atoms with E-state index in [9.17, 15) is 0 Å². The van der Waals surface area contributed by atoms with Gasteiger partial charge in [-0.1, -0.05) is 0 Å². The maximum absolute atomic E-state index is 8.48. The fourth-order valence-electron chi connectivity index (χ4n) is 0.760. The van der Waals surface area contributed by atoms with Crippen LogP contribution in [-0.2, 0) is 11.4 Å². The Morgan fingerprint density at radius 3 is 1.19 bits per heavy atom. The van der Waals surface area contributed by atoms with Crippen LogP contribution in [0.15, 0.2) is 0 Å². The van der Waals surface area contributed by atoms with Gasteiger partial charge in [0.1, 0.15) is 0 Å². The third kappa shape index (κ3) is 29.7. The topological polar surface area (TPSA) is 127 Å². The minimum absolute atomic E-state index is 0. The summed E-state index contributed by atoms with van der Waals surface area (Å²) in [5.74, 6) is 0. The van der Waals surface area contributed by atoms with E-state index in [-0.39, 0.29) is 78.9 Å². The second kappa shape index (κ2) is 22.1. The molecule has 0 aromatic rings. The quantitative estimate of drug-likeness (QED) is 0.324. The summed E-state index contributed by atoms with van der Waals surface area (Å²) < 4.78 is 25.3. The van der Waals surface area contributed by atoms with Gasteiger partial charge in [0.2, 0.25) is 0 Å².